The highest BCUT2D eigenvalue weighted by Gasteiger charge is 2.14. The van der Waals surface area contributed by atoms with Gasteiger partial charge in [-0.25, -0.2) is 0 Å². The molecule has 1 aromatic heterocycles. The molecule has 2 amide bonds. The quantitative estimate of drug-likeness (QED) is 0.334. The summed E-state index contributed by atoms with van der Waals surface area (Å²) in [6.07, 6.45) is 0. The van der Waals surface area contributed by atoms with Gasteiger partial charge in [-0.2, -0.15) is 9.98 Å². The number of nitrogens with one attached hydrogen (secondary N) is 2. The van der Waals surface area contributed by atoms with E-state index in [9.17, 15) is 9.59 Å². The van der Waals surface area contributed by atoms with Crippen LogP contribution in [0, 0.1) is 0 Å². The number of para-hydroxylation sites is 4. The van der Waals surface area contributed by atoms with Crippen LogP contribution in [0.15, 0.2) is 94.3 Å². The van der Waals surface area contributed by atoms with Crippen LogP contribution in [0.1, 0.15) is 0 Å². The third-order valence-corrected chi connectivity index (χ3v) is 4.23. The molecular weight excluding hydrogens is 424 g/mol. The molecule has 2 N–H and O–H groups in total. The largest absolute Gasteiger partial charge is 0.484 e. The smallest absolute Gasteiger partial charge is 0.326 e. The van der Waals surface area contributed by atoms with E-state index in [1.165, 1.54) is 0 Å². The predicted molar refractivity (Wildman–Crippen MR) is 121 cm³/mol. The molecule has 4 rings (SSSR count). The van der Waals surface area contributed by atoms with Gasteiger partial charge in [0.2, 0.25) is 5.96 Å². The highest BCUT2D eigenvalue weighted by molar-refractivity contribution is 6.05. The van der Waals surface area contributed by atoms with Crippen LogP contribution in [0.5, 0.6) is 11.5 Å². The van der Waals surface area contributed by atoms with E-state index in [1.54, 1.807) is 66.7 Å². The predicted octanol–water partition coefficient (Wildman–Crippen LogP) is 3.21. The molecule has 166 valence electrons. The molecule has 0 saturated carbocycles. The number of ether oxygens (including phenoxy) is 2. The number of aromatic nitrogens is 1. The fourth-order valence-corrected chi connectivity index (χ4v) is 2.76. The first kappa shape index (κ1) is 21.6. The van der Waals surface area contributed by atoms with Gasteiger partial charge in [0, 0.05) is 0 Å². The van der Waals surface area contributed by atoms with Crippen LogP contribution in [-0.4, -0.2) is 36.0 Å². The molecule has 3 aromatic carbocycles. The number of amides is 2. The number of carbonyl (C=O) groups is 2. The summed E-state index contributed by atoms with van der Waals surface area (Å²) in [5, 5.41) is 5.02. The van der Waals surface area contributed by atoms with Gasteiger partial charge in [-0.05, 0) is 36.4 Å². The number of benzene rings is 3. The number of fused-ring (bicyclic) bond motifs is 1. The Kier molecular flexibility index (Phi) is 6.92. The summed E-state index contributed by atoms with van der Waals surface area (Å²) in [4.78, 5) is 33.2. The molecule has 0 aliphatic carbocycles. The first-order valence-electron chi connectivity index (χ1n) is 10.1. The molecule has 4 aromatic rings. The van der Waals surface area contributed by atoms with Crippen LogP contribution >= 0.6 is 0 Å². The van der Waals surface area contributed by atoms with Crippen molar-refractivity contribution in [3.63, 3.8) is 0 Å². The maximum absolute atomic E-state index is 12.4. The Balaban J connectivity index is 1.44. The molecule has 0 fully saturated rings. The second-order valence-electron chi connectivity index (χ2n) is 6.72. The molecule has 0 aliphatic heterocycles. The van der Waals surface area contributed by atoms with Crippen molar-refractivity contribution in [2.75, 3.05) is 13.2 Å². The third-order valence-electron chi connectivity index (χ3n) is 4.23. The third kappa shape index (κ3) is 6.41. The van der Waals surface area contributed by atoms with Gasteiger partial charge in [-0.1, -0.05) is 48.5 Å². The molecule has 1 heterocycles. The number of oxazole rings is 1. The number of nitrogens with zero attached hydrogens (tertiary/aromatic N) is 2. The summed E-state index contributed by atoms with van der Waals surface area (Å²) in [6, 6.07) is 24.8. The molecule has 0 saturated heterocycles. The topological polar surface area (TPSA) is 115 Å². The van der Waals surface area contributed by atoms with Crippen LogP contribution in [0.3, 0.4) is 0 Å². The van der Waals surface area contributed by atoms with Gasteiger partial charge >= 0.3 is 6.01 Å². The first-order chi connectivity index (χ1) is 16.2. The van der Waals surface area contributed by atoms with Crippen LogP contribution in [-0.2, 0) is 9.59 Å². The van der Waals surface area contributed by atoms with Crippen molar-refractivity contribution in [1.29, 1.82) is 0 Å². The number of rotatable bonds is 7. The van der Waals surface area contributed by atoms with Gasteiger partial charge in [0.15, 0.2) is 18.8 Å². The zero-order valence-corrected chi connectivity index (χ0v) is 17.4. The van der Waals surface area contributed by atoms with Crippen LogP contribution in [0.4, 0.5) is 6.01 Å². The van der Waals surface area contributed by atoms with Crippen molar-refractivity contribution in [1.82, 2.24) is 15.6 Å². The van der Waals surface area contributed by atoms with Crippen LogP contribution in [0.2, 0.25) is 0 Å². The maximum atomic E-state index is 12.4. The van der Waals surface area contributed by atoms with Crippen molar-refractivity contribution < 1.29 is 23.5 Å². The van der Waals surface area contributed by atoms with Gasteiger partial charge in [-0.3, -0.25) is 20.2 Å². The van der Waals surface area contributed by atoms with E-state index in [2.05, 4.69) is 20.6 Å². The summed E-state index contributed by atoms with van der Waals surface area (Å²) < 4.78 is 16.4. The number of carbonyl (C=O) groups excluding carboxylic acids is 2. The fraction of sp³-hybridized carbons (Fsp3) is 0.0833. The molecule has 0 aliphatic rings. The molecule has 0 spiro atoms. The molecular formula is C24H20N4O5. The fourth-order valence-electron chi connectivity index (χ4n) is 2.76. The van der Waals surface area contributed by atoms with Gasteiger partial charge in [0.1, 0.15) is 17.0 Å². The number of hydrogen-bond acceptors (Lipinski definition) is 7. The minimum Gasteiger partial charge on any atom is -0.484 e. The van der Waals surface area contributed by atoms with Gasteiger partial charge in [0.25, 0.3) is 11.8 Å². The monoisotopic (exact) mass is 444 g/mol. The Morgan fingerprint density at radius 3 is 1.82 bits per heavy atom. The average Bonchev–Trinajstić information content (AvgIpc) is 3.25. The Labute approximate surface area is 189 Å². The van der Waals surface area contributed by atoms with Gasteiger partial charge < -0.3 is 13.9 Å². The first-order valence-corrected chi connectivity index (χ1v) is 10.1. The standard InChI is InChI=1S/C24H20N4O5/c29-21(15-31-17-9-3-1-4-10-17)26-23(27-22(30)16-32-18-11-5-2-6-12-18)28-24-25-19-13-7-8-14-20(19)33-24/h1-14H,15-16H2,(H2,25,26,27,28,29,30). The highest BCUT2D eigenvalue weighted by atomic mass is 16.5. The minimum atomic E-state index is -0.530. The maximum Gasteiger partial charge on any atom is 0.326 e. The van der Waals surface area contributed by atoms with Crippen molar-refractivity contribution in [2.45, 2.75) is 0 Å². The van der Waals surface area contributed by atoms with Gasteiger partial charge in [0.05, 0.1) is 0 Å². The van der Waals surface area contributed by atoms with E-state index in [1.807, 2.05) is 18.2 Å². The SMILES string of the molecule is O=C(COc1ccccc1)NC(=Nc1nc2ccccc2o1)NC(=O)COc1ccccc1. The molecule has 0 radical (unpaired) electrons. The molecule has 9 nitrogen and oxygen atoms in total. The van der Waals surface area contributed by atoms with E-state index in [4.69, 9.17) is 13.9 Å². The van der Waals surface area contributed by atoms with E-state index in [-0.39, 0.29) is 25.2 Å². The summed E-state index contributed by atoms with van der Waals surface area (Å²) in [5.41, 5.74) is 1.11. The van der Waals surface area contributed by atoms with Crippen molar-refractivity contribution >= 4 is 34.9 Å². The number of hydrogen-bond donors (Lipinski definition) is 2. The second kappa shape index (κ2) is 10.6. The summed E-state index contributed by atoms with van der Waals surface area (Å²) in [6.45, 7) is -0.569. The Bertz CT molecular complexity index is 1160. The Morgan fingerprint density at radius 2 is 1.27 bits per heavy atom. The zero-order valence-electron chi connectivity index (χ0n) is 17.4. The second-order valence-corrected chi connectivity index (χ2v) is 6.72. The number of aliphatic imine (C=N–C) groups is 1. The molecule has 33 heavy (non-hydrogen) atoms. The van der Waals surface area contributed by atoms with E-state index in [0.717, 1.165) is 0 Å². The van der Waals surface area contributed by atoms with E-state index in [0.29, 0.717) is 22.6 Å². The lowest BCUT2D eigenvalue weighted by Gasteiger charge is -2.11. The number of guanidine groups is 1. The average molecular weight is 444 g/mol. The highest BCUT2D eigenvalue weighted by Crippen LogP contribution is 2.20. The molecule has 0 atom stereocenters. The summed E-state index contributed by atoms with van der Waals surface area (Å²) >= 11 is 0. The molecule has 0 bridgehead atoms. The lowest BCUT2D eigenvalue weighted by Crippen LogP contribution is -2.46. The van der Waals surface area contributed by atoms with Crippen molar-refractivity contribution in [2.24, 2.45) is 4.99 Å². The molecule has 9 heteroatoms. The zero-order chi connectivity index (χ0) is 22.9. The lowest BCUT2D eigenvalue weighted by molar-refractivity contribution is -0.122. The van der Waals surface area contributed by atoms with E-state index < -0.39 is 11.8 Å². The minimum absolute atomic E-state index is 0.0280. The summed E-state index contributed by atoms with van der Waals surface area (Å²) in [5.74, 6) is -0.156. The lowest BCUT2D eigenvalue weighted by atomic mass is 10.3. The van der Waals surface area contributed by atoms with Crippen molar-refractivity contribution in [3.05, 3.63) is 84.9 Å². The Hall–Kier alpha value is -4.66. The molecule has 0 unspecified atom stereocenters. The van der Waals surface area contributed by atoms with Crippen molar-refractivity contribution in [3.8, 4) is 11.5 Å². The normalized spacial score (nSPS) is 10.3. The summed E-state index contributed by atoms with van der Waals surface area (Å²) in [7, 11) is 0. The van der Waals surface area contributed by atoms with E-state index >= 15 is 0 Å². The van der Waals surface area contributed by atoms with Crippen LogP contribution < -0.4 is 20.1 Å². The van der Waals surface area contributed by atoms with Gasteiger partial charge in [-0.15, -0.1) is 0 Å². The Morgan fingerprint density at radius 1 is 0.758 bits per heavy atom. The van der Waals surface area contributed by atoms with Crippen LogP contribution in [0.25, 0.3) is 11.1 Å².